The molecule has 1 aromatic carbocycles. The van der Waals surface area contributed by atoms with Crippen LogP contribution in [0.25, 0.3) is 0 Å². The molecule has 0 radical (unpaired) electrons. The molecule has 18 heavy (non-hydrogen) atoms. The molecule has 1 aliphatic rings. The van der Waals surface area contributed by atoms with Gasteiger partial charge in [-0.05, 0) is 30.5 Å². The molecular formula is C15H19NO2. The van der Waals surface area contributed by atoms with Crippen LogP contribution in [0.4, 0.5) is 0 Å². The summed E-state index contributed by atoms with van der Waals surface area (Å²) in [4.78, 5) is 0. The van der Waals surface area contributed by atoms with Crippen LogP contribution in [0.3, 0.4) is 0 Å². The number of methoxy groups -OCH3 is 1. The zero-order valence-corrected chi connectivity index (χ0v) is 10.8. The van der Waals surface area contributed by atoms with Crippen LogP contribution in [0.1, 0.15) is 31.2 Å². The van der Waals surface area contributed by atoms with Gasteiger partial charge in [-0.25, -0.2) is 0 Å². The van der Waals surface area contributed by atoms with E-state index in [9.17, 15) is 0 Å². The second kappa shape index (κ2) is 6.42. The highest BCUT2D eigenvalue weighted by molar-refractivity contribution is 5.26. The largest absolute Gasteiger partial charge is 0.497 e. The second-order valence-corrected chi connectivity index (χ2v) is 4.72. The van der Waals surface area contributed by atoms with E-state index in [1.54, 1.807) is 7.11 Å². The third kappa shape index (κ3) is 3.24. The van der Waals surface area contributed by atoms with Crippen molar-refractivity contribution >= 4 is 0 Å². The topological polar surface area (TPSA) is 42.2 Å². The molecule has 1 aromatic rings. The van der Waals surface area contributed by atoms with Gasteiger partial charge in [-0.3, -0.25) is 0 Å². The highest BCUT2D eigenvalue weighted by Gasteiger charge is 2.25. The van der Waals surface area contributed by atoms with Gasteiger partial charge < -0.3 is 9.47 Å². The molecule has 0 saturated heterocycles. The maximum absolute atomic E-state index is 9.08. The molecule has 0 spiro atoms. The first-order chi connectivity index (χ1) is 8.83. The van der Waals surface area contributed by atoms with Crippen LogP contribution in [0.2, 0.25) is 0 Å². The van der Waals surface area contributed by atoms with Gasteiger partial charge in [0.25, 0.3) is 0 Å². The van der Waals surface area contributed by atoms with Gasteiger partial charge in [0, 0.05) is 0 Å². The van der Waals surface area contributed by atoms with Crippen LogP contribution in [0.15, 0.2) is 24.3 Å². The van der Waals surface area contributed by atoms with Gasteiger partial charge in [-0.15, -0.1) is 0 Å². The Labute approximate surface area is 108 Å². The highest BCUT2D eigenvalue weighted by atomic mass is 16.5. The highest BCUT2D eigenvalue weighted by Crippen LogP contribution is 2.27. The predicted molar refractivity (Wildman–Crippen MR) is 69.1 cm³/mol. The molecule has 0 N–H and O–H groups in total. The average Bonchev–Trinajstić information content (AvgIpc) is 2.46. The fourth-order valence-electron chi connectivity index (χ4n) is 2.37. The maximum Gasteiger partial charge on any atom is 0.118 e. The molecule has 0 heterocycles. The Morgan fingerprint density at radius 1 is 1.22 bits per heavy atom. The molecule has 96 valence electrons. The molecule has 3 nitrogen and oxygen atoms in total. The number of hydrogen-bond acceptors (Lipinski definition) is 3. The zero-order chi connectivity index (χ0) is 12.8. The number of nitriles is 1. The zero-order valence-electron chi connectivity index (χ0n) is 10.8. The normalized spacial score (nSPS) is 23.3. The Balaban J connectivity index is 1.88. The van der Waals surface area contributed by atoms with E-state index in [4.69, 9.17) is 14.7 Å². The van der Waals surface area contributed by atoms with E-state index in [1.165, 1.54) is 6.42 Å². The maximum atomic E-state index is 9.08. The molecule has 0 aliphatic heterocycles. The van der Waals surface area contributed by atoms with Gasteiger partial charge in [0.1, 0.15) is 5.75 Å². The van der Waals surface area contributed by atoms with Crippen LogP contribution in [-0.4, -0.2) is 13.2 Å². The molecule has 2 unspecified atom stereocenters. The summed E-state index contributed by atoms with van der Waals surface area (Å²) in [6.45, 7) is 0.576. The van der Waals surface area contributed by atoms with E-state index in [0.717, 1.165) is 30.6 Å². The minimum atomic E-state index is 0.0667. The van der Waals surface area contributed by atoms with Crippen molar-refractivity contribution in [3.8, 4) is 11.8 Å². The average molecular weight is 245 g/mol. The van der Waals surface area contributed by atoms with Crippen LogP contribution < -0.4 is 4.74 Å². The van der Waals surface area contributed by atoms with Gasteiger partial charge >= 0.3 is 0 Å². The molecule has 1 aliphatic carbocycles. The first-order valence-corrected chi connectivity index (χ1v) is 6.47. The molecule has 2 rings (SSSR count). The van der Waals surface area contributed by atoms with Crippen LogP contribution in [-0.2, 0) is 11.3 Å². The Bertz CT molecular complexity index is 407. The smallest absolute Gasteiger partial charge is 0.118 e. The van der Waals surface area contributed by atoms with Crippen LogP contribution in [0, 0.1) is 17.2 Å². The van der Waals surface area contributed by atoms with Crippen molar-refractivity contribution < 1.29 is 9.47 Å². The van der Waals surface area contributed by atoms with Gasteiger partial charge in [0.15, 0.2) is 0 Å². The van der Waals surface area contributed by atoms with E-state index in [-0.39, 0.29) is 12.0 Å². The second-order valence-electron chi connectivity index (χ2n) is 4.72. The summed E-state index contributed by atoms with van der Waals surface area (Å²) in [5.41, 5.74) is 1.12. The summed E-state index contributed by atoms with van der Waals surface area (Å²) in [5, 5.41) is 9.08. The van der Waals surface area contributed by atoms with Crippen molar-refractivity contribution in [2.24, 2.45) is 5.92 Å². The van der Waals surface area contributed by atoms with Crippen molar-refractivity contribution in [1.82, 2.24) is 0 Å². The lowest BCUT2D eigenvalue weighted by atomic mass is 9.87. The third-order valence-corrected chi connectivity index (χ3v) is 3.49. The lowest BCUT2D eigenvalue weighted by Gasteiger charge is -2.26. The number of rotatable bonds is 4. The fourth-order valence-corrected chi connectivity index (χ4v) is 2.37. The van der Waals surface area contributed by atoms with E-state index in [1.807, 2.05) is 24.3 Å². The van der Waals surface area contributed by atoms with Crippen molar-refractivity contribution in [1.29, 1.82) is 5.26 Å². The fraction of sp³-hybridized carbons (Fsp3) is 0.533. The lowest BCUT2D eigenvalue weighted by molar-refractivity contribution is -0.00492. The first-order valence-electron chi connectivity index (χ1n) is 6.47. The summed E-state index contributed by atoms with van der Waals surface area (Å²) in [6, 6.07) is 10.2. The minimum absolute atomic E-state index is 0.0667. The number of ether oxygens (including phenoxy) is 2. The quantitative estimate of drug-likeness (QED) is 0.817. The Morgan fingerprint density at radius 2 is 1.94 bits per heavy atom. The summed E-state index contributed by atoms with van der Waals surface area (Å²) in [5.74, 6) is 0.920. The third-order valence-electron chi connectivity index (χ3n) is 3.49. The van der Waals surface area contributed by atoms with E-state index < -0.39 is 0 Å². The molecule has 0 amide bonds. The minimum Gasteiger partial charge on any atom is -0.497 e. The predicted octanol–water partition coefficient (Wildman–Crippen LogP) is 3.29. The molecule has 1 saturated carbocycles. The molecule has 0 bridgehead atoms. The van der Waals surface area contributed by atoms with Crippen molar-refractivity contribution in [2.45, 2.75) is 38.4 Å². The van der Waals surface area contributed by atoms with Gasteiger partial charge in [-0.1, -0.05) is 25.0 Å². The van der Waals surface area contributed by atoms with E-state index in [2.05, 4.69) is 6.07 Å². The molecule has 2 atom stereocenters. The summed E-state index contributed by atoms with van der Waals surface area (Å²) < 4.78 is 11.0. The first kappa shape index (κ1) is 12.9. The van der Waals surface area contributed by atoms with Crippen molar-refractivity contribution in [2.75, 3.05) is 7.11 Å². The SMILES string of the molecule is COc1ccc(COC2CCCCC2C#N)cc1. The monoisotopic (exact) mass is 245 g/mol. The van der Waals surface area contributed by atoms with E-state index in [0.29, 0.717) is 6.61 Å². The van der Waals surface area contributed by atoms with Crippen molar-refractivity contribution in [3.63, 3.8) is 0 Å². The van der Waals surface area contributed by atoms with Crippen molar-refractivity contribution in [3.05, 3.63) is 29.8 Å². The molecule has 3 heteroatoms. The standard InChI is InChI=1S/C15H19NO2/c1-17-14-8-6-12(7-9-14)11-18-15-5-3-2-4-13(15)10-16/h6-9,13,15H,2-5,11H2,1H3. The molecule has 0 aromatic heterocycles. The molecule has 1 fully saturated rings. The Morgan fingerprint density at radius 3 is 2.61 bits per heavy atom. The number of hydrogen-bond donors (Lipinski definition) is 0. The van der Waals surface area contributed by atoms with Crippen LogP contribution in [0.5, 0.6) is 5.75 Å². The number of benzene rings is 1. The summed E-state index contributed by atoms with van der Waals surface area (Å²) in [6.07, 6.45) is 4.41. The summed E-state index contributed by atoms with van der Waals surface area (Å²) >= 11 is 0. The van der Waals surface area contributed by atoms with Gasteiger partial charge in [0.05, 0.1) is 31.8 Å². The molecular weight excluding hydrogens is 226 g/mol. The van der Waals surface area contributed by atoms with Gasteiger partial charge in [0.2, 0.25) is 0 Å². The summed E-state index contributed by atoms with van der Waals surface area (Å²) in [7, 11) is 1.66. The Kier molecular flexibility index (Phi) is 4.60. The Hall–Kier alpha value is -1.53. The van der Waals surface area contributed by atoms with Crippen LogP contribution >= 0.6 is 0 Å². The lowest BCUT2D eigenvalue weighted by Crippen LogP contribution is -2.26. The van der Waals surface area contributed by atoms with Gasteiger partial charge in [-0.2, -0.15) is 5.26 Å². The number of nitrogens with zero attached hydrogens (tertiary/aromatic N) is 1. The van der Waals surface area contributed by atoms with E-state index >= 15 is 0 Å².